The van der Waals surface area contributed by atoms with Crippen molar-refractivity contribution in [1.82, 2.24) is 0 Å². The molecule has 1 N–H and O–H groups in total. The molecule has 2 saturated carbocycles. The molecule has 1 aromatic carbocycles. The standard InChI is InChI=1S/C20H26O4/c1-22-11-24-20-16(12-4-3-5-15(9-12)23-2)10-17(21)18-13-6-7-14(8-13)19(18)20/h3-7,9,13-14,16-21H,8,10-11H2,1-2H3/t13-,14+,16-,17+,18+,19+,20-/m0/s1. The van der Waals surface area contributed by atoms with Gasteiger partial charge in [-0.2, -0.15) is 0 Å². The number of hydrogen-bond donors (Lipinski definition) is 1. The van der Waals surface area contributed by atoms with Gasteiger partial charge in [0.15, 0.2) is 0 Å². The van der Waals surface area contributed by atoms with Crippen LogP contribution < -0.4 is 4.74 Å². The van der Waals surface area contributed by atoms with E-state index in [0.717, 1.165) is 18.6 Å². The van der Waals surface area contributed by atoms with Gasteiger partial charge in [-0.3, -0.25) is 0 Å². The molecule has 3 aliphatic rings. The number of hydrogen-bond acceptors (Lipinski definition) is 4. The van der Waals surface area contributed by atoms with Crippen molar-refractivity contribution < 1.29 is 19.3 Å². The molecule has 3 aliphatic carbocycles. The van der Waals surface area contributed by atoms with Crippen LogP contribution in [0, 0.1) is 23.7 Å². The average Bonchev–Trinajstić information content (AvgIpc) is 3.23. The molecule has 0 amide bonds. The van der Waals surface area contributed by atoms with Gasteiger partial charge in [0.05, 0.1) is 19.3 Å². The van der Waals surface area contributed by atoms with Gasteiger partial charge in [-0.1, -0.05) is 24.3 Å². The van der Waals surface area contributed by atoms with Crippen LogP contribution in [0.15, 0.2) is 36.4 Å². The van der Waals surface area contributed by atoms with E-state index in [9.17, 15) is 5.11 Å². The van der Waals surface area contributed by atoms with E-state index < -0.39 is 0 Å². The van der Waals surface area contributed by atoms with Crippen molar-refractivity contribution in [2.75, 3.05) is 21.0 Å². The van der Waals surface area contributed by atoms with Crippen molar-refractivity contribution in [2.24, 2.45) is 23.7 Å². The zero-order valence-corrected chi connectivity index (χ0v) is 14.3. The molecule has 0 spiro atoms. The Morgan fingerprint density at radius 1 is 1.08 bits per heavy atom. The maximum atomic E-state index is 10.9. The molecule has 0 aromatic heterocycles. The largest absolute Gasteiger partial charge is 0.497 e. The molecule has 0 radical (unpaired) electrons. The van der Waals surface area contributed by atoms with E-state index in [2.05, 4.69) is 24.3 Å². The molecule has 7 atom stereocenters. The first kappa shape index (κ1) is 16.1. The summed E-state index contributed by atoms with van der Waals surface area (Å²) in [5.41, 5.74) is 1.18. The van der Waals surface area contributed by atoms with Crippen molar-refractivity contribution in [3.8, 4) is 5.75 Å². The number of aliphatic hydroxyl groups excluding tert-OH is 1. The highest BCUT2D eigenvalue weighted by Gasteiger charge is 2.56. The Balaban J connectivity index is 1.68. The summed E-state index contributed by atoms with van der Waals surface area (Å²) in [5.74, 6) is 2.74. The Labute approximate surface area is 143 Å². The lowest BCUT2D eigenvalue weighted by Gasteiger charge is -2.46. The summed E-state index contributed by atoms with van der Waals surface area (Å²) in [6, 6.07) is 8.16. The van der Waals surface area contributed by atoms with Gasteiger partial charge in [0.2, 0.25) is 0 Å². The molecule has 0 aliphatic heterocycles. The summed E-state index contributed by atoms with van der Waals surface area (Å²) >= 11 is 0. The summed E-state index contributed by atoms with van der Waals surface area (Å²) in [6.45, 7) is 0.297. The van der Waals surface area contributed by atoms with Crippen LogP contribution in [0.2, 0.25) is 0 Å². The molecule has 2 fully saturated rings. The van der Waals surface area contributed by atoms with Crippen LogP contribution in [-0.4, -0.2) is 38.3 Å². The highest BCUT2D eigenvalue weighted by Crippen LogP contribution is 2.57. The second-order valence-electron chi connectivity index (χ2n) is 7.33. The first-order valence-corrected chi connectivity index (χ1v) is 8.83. The average molecular weight is 330 g/mol. The monoisotopic (exact) mass is 330 g/mol. The number of allylic oxidation sites excluding steroid dienone is 2. The third-order valence-corrected chi connectivity index (χ3v) is 6.20. The zero-order valence-electron chi connectivity index (χ0n) is 14.3. The van der Waals surface area contributed by atoms with Crippen molar-refractivity contribution in [3.63, 3.8) is 0 Å². The second-order valence-corrected chi connectivity index (χ2v) is 7.33. The molecule has 0 unspecified atom stereocenters. The van der Waals surface area contributed by atoms with Crippen LogP contribution in [0.3, 0.4) is 0 Å². The van der Waals surface area contributed by atoms with Crippen LogP contribution in [0.4, 0.5) is 0 Å². The van der Waals surface area contributed by atoms with E-state index in [1.807, 2.05) is 12.1 Å². The SMILES string of the molecule is COCO[C@@H]1[C@H]2[C@@H]([C@H](O)C[C@H]1c1cccc(OC)c1)[C@H]1C=C[C@@H]2C1. The molecule has 24 heavy (non-hydrogen) atoms. The van der Waals surface area contributed by atoms with E-state index in [-0.39, 0.29) is 18.1 Å². The third-order valence-electron chi connectivity index (χ3n) is 6.20. The molecular formula is C20H26O4. The van der Waals surface area contributed by atoms with Gasteiger partial charge in [-0.15, -0.1) is 0 Å². The molecule has 1 aromatic rings. The number of methoxy groups -OCH3 is 2. The van der Waals surface area contributed by atoms with Crippen molar-refractivity contribution in [3.05, 3.63) is 42.0 Å². The van der Waals surface area contributed by atoms with Gasteiger partial charge in [0.1, 0.15) is 12.5 Å². The lowest BCUT2D eigenvalue weighted by Crippen LogP contribution is -2.48. The van der Waals surface area contributed by atoms with Crippen LogP contribution in [0.25, 0.3) is 0 Å². The van der Waals surface area contributed by atoms with Gasteiger partial charge in [-0.25, -0.2) is 0 Å². The molecule has 0 saturated heterocycles. The predicted octanol–water partition coefficient (Wildman–Crippen LogP) is 2.97. The fourth-order valence-electron chi connectivity index (χ4n) is 5.29. The topological polar surface area (TPSA) is 47.9 Å². The Hall–Kier alpha value is -1.36. The minimum atomic E-state index is -0.270. The molecule has 4 heteroatoms. The summed E-state index contributed by atoms with van der Waals surface area (Å²) in [7, 11) is 3.35. The molecular weight excluding hydrogens is 304 g/mol. The van der Waals surface area contributed by atoms with E-state index >= 15 is 0 Å². The fourth-order valence-corrected chi connectivity index (χ4v) is 5.29. The zero-order chi connectivity index (χ0) is 16.7. The van der Waals surface area contributed by atoms with Crippen molar-refractivity contribution >= 4 is 0 Å². The molecule has 130 valence electrons. The van der Waals surface area contributed by atoms with Crippen LogP contribution in [0.5, 0.6) is 5.75 Å². The second kappa shape index (κ2) is 6.51. The van der Waals surface area contributed by atoms with Gasteiger partial charge in [-0.05, 0) is 54.2 Å². The number of fused-ring (bicyclic) bond motifs is 5. The minimum Gasteiger partial charge on any atom is -0.497 e. The van der Waals surface area contributed by atoms with Gasteiger partial charge >= 0.3 is 0 Å². The lowest BCUT2D eigenvalue weighted by atomic mass is 9.64. The van der Waals surface area contributed by atoms with E-state index in [1.165, 1.54) is 5.56 Å². The third kappa shape index (κ3) is 2.57. The number of ether oxygens (including phenoxy) is 3. The number of benzene rings is 1. The van der Waals surface area contributed by atoms with Crippen molar-refractivity contribution in [2.45, 2.75) is 31.0 Å². The van der Waals surface area contributed by atoms with E-state index in [4.69, 9.17) is 14.2 Å². The normalized spacial score (nSPS) is 39.9. The summed E-state index contributed by atoms with van der Waals surface area (Å²) in [5, 5.41) is 10.9. The Bertz CT molecular complexity index is 613. The number of aliphatic hydroxyl groups is 1. The minimum absolute atomic E-state index is 0.0745. The van der Waals surface area contributed by atoms with Crippen LogP contribution in [0.1, 0.15) is 24.3 Å². The fraction of sp³-hybridized carbons (Fsp3) is 0.600. The Kier molecular flexibility index (Phi) is 4.37. The van der Waals surface area contributed by atoms with E-state index in [0.29, 0.717) is 30.5 Å². The van der Waals surface area contributed by atoms with Crippen molar-refractivity contribution in [1.29, 1.82) is 0 Å². The van der Waals surface area contributed by atoms with Crippen LogP contribution >= 0.6 is 0 Å². The first-order valence-electron chi connectivity index (χ1n) is 8.83. The maximum Gasteiger partial charge on any atom is 0.146 e. The van der Waals surface area contributed by atoms with Gasteiger partial charge < -0.3 is 19.3 Å². The molecule has 2 bridgehead atoms. The smallest absolute Gasteiger partial charge is 0.146 e. The Morgan fingerprint density at radius 2 is 1.88 bits per heavy atom. The highest BCUT2D eigenvalue weighted by molar-refractivity contribution is 5.33. The highest BCUT2D eigenvalue weighted by atomic mass is 16.7. The predicted molar refractivity (Wildman–Crippen MR) is 90.8 cm³/mol. The van der Waals surface area contributed by atoms with Gasteiger partial charge in [0, 0.05) is 13.0 Å². The first-order chi connectivity index (χ1) is 11.7. The quantitative estimate of drug-likeness (QED) is 0.666. The summed E-state index contributed by atoms with van der Waals surface area (Å²) < 4.78 is 16.8. The Morgan fingerprint density at radius 3 is 2.62 bits per heavy atom. The molecule has 4 rings (SSSR count). The van der Waals surface area contributed by atoms with E-state index in [1.54, 1.807) is 14.2 Å². The lowest BCUT2D eigenvalue weighted by molar-refractivity contribution is -0.144. The van der Waals surface area contributed by atoms with Crippen LogP contribution in [-0.2, 0) is 9.47 Å². The maximum absolute atomic E-state index is 10.9. The summed E-state index contributed by atoms with van der Waals surface area (Å²) in [6.07, 6.45) is 6.33. The summed E-state index contributed by atoms with van der Waals surface area (Å²) in [4.78, 5) is 0. The molecule has 0 heterocycles. The number of rotatable bonds is 5. The molecule has 4 nitrogen and oxygen atoms in total. The van der Waals surface area contributed by atoms with Gasteiger partial charge in [0.25, 0.3) is 0 Å².